The molecule has 0 aromatic heterocycles. The van der Waals surface area contributed by atoms with E-state index in [4.69, 9.17) is 4.74 Å². The first-order valence-corrected chi connectivity index (χ1v) is 8.85. The maximum absolute atomic E-state index is 12.3. The van der Waals surface area contributed by atoms with E-state index in [1.807, 2.05) is 57.2 Å². The molecule has 0 spiro atoms. The minimum Gasteiger partial charge on any atom is -0.482 e. The highest BCUT2D eigenvalue weighted by Gasteiger charge is 2.25. The molecule has 1 heterocycles. The summed E-state index contributed by atoms with van der Waals surface area (Å²) in [4.78, 5) is 26.2. The van der Waals surface area contributed by atoms with Crippen molar-refractivity contribution >= 4 is 23.2 Å². The molecule has 0 saturated heterocycles. The zero-order valence-electron chi connectivity index (χ0n) is 15.5. The van der Waals surface area contributed by atoms with Crippen LogP contribution in [0.4, 0.5) is 11.4 Å². The molecule has 136 valence electrons. The first kappa shape index (κ1) is 18.0. The summed E-state index contributed by atoms with van der Waals surface area (Å²) < 4.78 is 5.48. The van der Waals surface area contributed by atoms with Crippen LogP contribution in [0.5, 0.6) is 5.75 Å². The minimum absolute atomic E-state index is 0.0381. The molecule has 0 aliphatic carbocycles. The molecule has 0 unspecified atom stereocenters. The third-order valence-corrected chi connectivity index (χ3v) is 4.72. The van der Waals surface area contributed by atoms with E-state index in [2.05, 4.69) is 5.32 Å². The number of aryl methyl sites for hydroxylation is 2. The summed E-state index contributed by atoms with van der Waals surface area (Å²) in [6.45, 7) is 6.55. The van der Waals surface area contributed by atoms with Gasteiger partial charge < -0.3 is 15.0 Å². The average Bonchev–Trinajstić information content (AvgIpc) is 2.61. The fourth-order valence-electron chi connectivity index (χ4n) is 3.05. The highest BCUT2D eigenvalue weighted by molar-refractivity contribution is 5.98. The molecule has 26 heavy (non-hydrogen) atoms. The van der Waals surface area contributed by atoms with Crippen molar-refractivity contribution < 1.29 is 14.3 Å². The Morgan fingerprint density at radius 1 is 1.19 bits per heavy atom. The predicted molar refractivity (Wildman–Crippen MR) is 103 cm³/mol. The zero-order valence-corrected chi connectivity index (χ0v) is 15.5. The number of amides is 2. The number of ether oxygens (including phenoxy) is 1. The molecule has 1 N–H and O–H groups in total. The summed E-state index contributed by atoms with van der Waals surface area (Å²) in [5.74, 6) is 0.608. The molecular formula is C21H24N2O3. The van der Waals surface area contributed by atoms with Crippen LogP contribution in [0, 0.1) is 20.8 Å². The number of rotatable bonds is 5. The van der Waals surface area contributed by atoms with E-state index in [0.717, 1.165) is 33.8 Å². The van der Waals surface area contributed by atoms with E-state index in [9.17, 15) is 9.59 Å². The van der Waals surface area contributed by atoms with Gasteiger partial charge in [0.1, 0.15) is 5.75 Å². The molecule has 5 heteroatoms. The van der Waals surface area contributed by atoms with Crippen molar-refractivity contribution in [1.29, 1.82) is 0 Å². The third kappa shape index (κ3) is 3.87. The number of fused-ring (bicyclic) bond motifs is 1. The highest BCUT2D eigenvalue weighted by Crippen LogP contribution is 2.33. The van der Waals surface area contributed by atoms with Crippen LogP contribution >= 0.6 is 0 Å². The third-order valence-electron chi connectivity index (χ3n) is 4.72. The van der Waals surface area contributed by atoms with E-state index in [-0.39, 0.29) is 18.4 Å². The van der Waals surface area contributed by atoms with Gasteiger partial charge in [0.25, 0.3) is 5.91 Å². The van der Waals surface area contributed by atoms with E-state index in [0.29, 0.717) is 19.4 Å². The quantitative estimate of drug-likeness (QED) is 0.891. The molecule has 3 rings (SSSR count). The Morgan fingerprint density at radius 2 is 2.00 bits per heavy atom. The second-order valence-electron chi connectivity index (χ2n) is 6.70. The number of carbonyl (C=O) groups excluding carboxylic acids is 2. The fraction of sp³-hybridized carbons (Fsp3) is 0.333. The molecule has 2 aromatic rings. The summed E-state index contributed by atoms with van der Waals surface area (Å²) in [5, 5.41) is 2.96. The average molecular weight is 352 g/mol. The van der Waals surface area contributed by atoms with Gasteiger partial charge in [0.15, 0.2) is 6.61 Å². The first-order chi connectivity index (χ1) is 12.5. The number of nitrogens with zero attached hydrogens (tertiary/aromatic N) is 1. The minimum atomic E-state index is -0.0713. The number of benzene rings is 2. The summed E-state index contributed by atoms with van der Waals surface area (Å²) in [7, 11) is 0. The summed E-state index contributed by atoms with van der Waals surface area (Å²) in [6, 6.07) is 11.7. The zero-order chi connectivity index (χ0) is 18.7. The Labute approximate surface area is 154 Å². The standard InChI is InChI=1S/C21H24N2O3/c1-14-9-10-19-18(12-14)23(21(25)13-26-19)11-5-8-20(24)22-17-7-4-6-15(2)16(17)3/h4,6-7,9-10,12H,5,8,11,13H2,1-3H3,(H,22,24). The van der Waals surface area contributed by atoms with Gasteiger partial charge in [-0.05, 0) is 62.1 Å². The van der Waals surface area contributed by atoms with Gasteiger partial charge >= 0.3 is 0 Å². The second-order valence-corrected chi connectivity index (χ2v) is 6.70. The van der Waals surface area contributed by atoms with Crippen molar-refractivity contribution in [3.63, 3.8) is 0 Å². The van der Waals surface area contributed by atoms with Crippen LogP contribution in [0.3, 0.4) is 0 Å². The molecule has 0 fully saturated rings. The van der Waals surface area contributed by atoms with Crippen LogP contribution in [0.15, 0.2) is 36.4 Å². The van der Waals surface area contributed by atoms with Crippen LogP contribution < -0.4 is 15.0 Å². The maximum atomic E-state index is 12.3. The number of anilines is 2. The van der Waals surface area contributed by atoms with Crippen molar-refractivity contribution in [2.24, 2.45) is 0 Å². The lowest BCUT2D eigenvalue weighted by Crippen LogP contribution is -2.39. The topological polar surface area (TPSA) is 58.6 Å². The Hall–Kier alpha value is -2.82. The lowest BCUT2D eigenvalue weighted by molar-refractivity contribution is -0.121. The highest BCUT2D eigenvalue weighted by atomic mass is 16.5. The largest absolute Gasteiger partial charge is 0.482 e. The van der Waals surface area contributed by atoms with Crippen LogP contribution in [-0.4, -0.2) is 25.0 Å². The fourth-order valence-corrected chi connectivity index (χ4v) is 3.05. The van der Waals surface area contributed by atoms with Gasteiger partial charge in [-0.1, -0.05) is 18.2 Å². The number of nitrogens with one attached hydrogen (secondary N) is 1. The maximum Gasteiger partial charge on any atom is 0.265 e. The Morgan fingerprint density at radius 3 is 2.81 bits per heavy atom. The first-order valence-electron chi connectivity index (χ1n) is 8.85. The van der Waals surface area contributed by atoms with Crippen LogP contribution in [-0.2, 0) is 9.59 Å². The predicted octanol–water partition coefficient (Wildman–Crippen LogP) is 3.76. The molecule has 0 atom stereocenters. The van der Waals surface area contributed by atoms with Gasteiger partial charge in [-0.3, -0.25) is 9.59 Å². The molecule has 2 aromatic carbocycles. The molecule has 5 nitrogen and oxygen atoms in total. The lowest BCUT2D eigenvalue weighted by atomic mass is 10.1. The van der Waals surface area contributed by atoms with E-state index in [1.54, 1.807) is 4.90 Å². The van der Waals surface area contributed by atoms with Crippen molar-refractivity contribution in [3.05, 3.63) is 53.1 Å². The van der Waals surface area contributed by atoms with E-state index in [1.165, 1.54) is 0 Å². The normalized spacial score (nSPS) is 13.2. The second kappa shape index (κ2) is 7.60. The van der Waals surface area contributed by atoms with Crippen molar-refractivity contribution in [3.8, 4) is 5.75 Å². The van der Waals surface area contributed by atoms with Gasteiger partial charge in [0.2, 0.25) is 5.91 Å². The Bertz CT molecular complexity index is 845. The molecular weight excluding hydrogens is 328 g/mol. The monoisotopic (exact) mass is 352 g/mol. The van der Waals surface area contributed by atoms with E-state index >= 15 is 0 Å². The Balaban J connectivity index is 1.59. The summed E-state index contributed by atoms with van der Waals surface area (Å²) in [5.41, 5.74) is 4.93. The molecule has 1 aliphatic rings. The van der Waals surface area contributed by atoms with Gasteiger partial charge in [-0.25, -0.2) is 0 Å². The smallest absolute Gasteiger partial charge is 0.265 e. The lowest BCUT2D eigenvalue weighted by Gasteiger charge is -2.29. The molecule has 0 radical (unpaired) electrons. The SMILES string of the molecule is Cc1ccc2c(c1)N(CCCC(=O)Nc1cccc(C)c1C)C(=O)CO2. The summed E-state index contributed by atoms with van der Waals surface area (Å²) in [6.07, 6.45) is 0.953. The molecule has 0 bridgehead atoms. The van der Waals surface area contributed by atoms with Gasteiger partial charge in [-0.2, -0.15) is 0 Å². The van der Waals surface area contributed by atoms with E-state index < -0.39 is 0 Å². The van der Waals surface area contributed by atoms with Gasteiger partial charge in [0.05, 0.1) is 5.69 Å². The summed E-state index contributed by atoms with van der Waals surface area (Å²) >= 11 is 0. The number of hydrogen-bond donors (Lipinski definition) is 1. The van der Waals surface area contributed by atoms with Gasteiger partial charge in [-0.15, -0.1) is 0 Å². The van der Waals surface area contributed by atoms with Crippen molar-refractivity contribution in [2.75, 3.05) is 23.4 Å². The molecule has 2 amide bonds. The number of hydrogen-bond acceptors (Lipinski definition) is 3. The molecule has 0 saturated carbocycles. The Kier molecular flexibility index (Phi) is 5.26. The van der Waals surface area contributed by atoms with Crippen LogP contribution in [0.25, 0.3) is 0 Å². The molecule has 1 aliphatic heterocycles. The van der Waals surface area contributed by atoms with Crippen LogP contribution in [0.1, 0.15) is 29.5 Å². The number of carbonyl (C=O) groups is 2. The van der Waals surface area contributed by atoms with Crippen LogP contribution in [0.2, 0.25) is 0 Å². The van der Waals surface area contributed by atoms with Crippen molar-refractivity contribution in [1.82, 2.24) is 0 Å². The van der Waals surface area contributed by atoms with Gasteiger partial charge in [0, 0.05) is 18.7 Å². The van der Waals surface area contributed by atoms with Crippen molar-refractivity contribution in [2.45, 2.75) is 33.6 Å².